The molecule has 0 saturated heterocycles. The second kappa shape index (κ2) is 5.33. The van der Waals surface area contributed by atoms with Gasteiger partial charge in [0.25, 0.3) is 0 Å². The molecule has 2 heterocycles. The molecule has 6 nitrogen and oxygen atoms in total. The molecular formula is C13H11FN6S. The summed E-state index contributed by atoms with van der Waals surface area (Å²) in [7, 11) is 0. The molecule has 21 heavy (non-hydrogen) atoms. The lowest BCUT2D eigenvalue weighted by Crippen LogP contribution is -2.21. The molecule has 0 aliphatic rings. The van der Waals surface area contributed by atoms with Gasteiger partial charge in [0, 0.05) is 17.1 Å². The van der Waals surface area contributed by atoms with Gasteiger partial charge < -0.3 is 11.5 Å². The molecule has 8 heteroatoms. The zero-order chi connectivity index (χ0) is 14.8. The molecule has 0 bridgehead atoms. The Bertz CT molecular complexity index is 843. The molecule has 0 aliphatic heterocycles. The van der Waals surface area contributed by atoms with Crippen LogP contribution in [0.5, 0.6) is 0 Å². The van der Waals surface area contributed by atoms with E-state index in [4.69, 9.17) is 11.5 Å². The van der Waals surface area contributed by atoms with Crippen molar-refractivity contribution < 1.29 is 4.39 Å². The first-order valence-corrected chi connectivity index (χ1v) is 6.87. The van der Waals surface area contributed by atoms with Crippen molar-refractivity contribution in [2.24, 2.45) is 21.7 Å². The van der Waals surface area contributed by atoms with E-state index in [0.717, 1.165) is 4.96 Å². The second-order valence-corrected chi connectivity index (χ2v) is 5.02. The molecule has 106 valence electrons. The highest BCUT2D eigenvalue weighted by molar-refractivity contribution is 7.15. The predicted molar refractivity (Wildman–Crippen MR) is 81.9 cm³/mol. The SMILES string of the molecule is NC(N)=N/N=C/c1c(-c2ccccc2F)nc2sccn12. The van der Waals surface area contributed by atoms with Gasteiger partial charge in [-0.05, 0) is 12.1 Å². The maximum absolute atomic E-state index is 14.0. The highest BCUT2D eigenvalue weighted by Crippen LogP contribution is 2.27. The predicted octanol–water partition coefficient (Wildman–Crippen LogP) is 1.81. The number of thiazole rings is 1. The first-order chi connectivity index (χ1) is 10.2. The van der Waals surface area contributed by atoms with Gasteiger partial charge in [0.1, 0.15) is 11.5 Å². The Morgan fingerprint density at radius 1 is 1.33 bits per heavy atom. The van der Waals surface area contributed by atoms with Gasteiger partial charge >= 0.3 is 0 Å². The van der Waals surface area contributed by atoms with Crippen molar-refractivity contribution in [1.29, 1.82) is 0 Å². The van der Waals surface area contributed by atoms with Gasteiger partial charge in [-0.15, -0.1) is 16.4 Å². The van der Waals surface area contributed by atoms with Crippen LogP contribution in [0.25, 0.3) is 16.2 Å². The fourth-order valence-corrected chi connectivity index (χ4v) is 2.65. The Balaban J connectivity index is 2.19. The van der Waals surface area contributed by atoms with Gasteiger partial charge in [-0.2, -0.15) is 5.10 Å². The van der Waals surface area contributed by atoms with Crippen LogP contribution in [0.15, 0.2) is 46.0 Å². The molecule has 0 radical (unpaired) electrons. The second-order valence-electron chi connectivity index (χ2n) is 4.15. The Kier molecular flexibility index (Phi) is 3.36. The Hall–Kier alpha value is -2.74. The standard InChI is InChI=1S/C13H11FN6S/c14-9-4-2-1-3-8(9)11-10(7-17-19-12(15)16)20-5-6-21-13(20)18-11/h1-7H,(H4,15,16,19)/b17-7+. The third kappa shape index (κ3) is 2.48. The Labute approximate surface area is 123 Å². The van der Waals surface area contributed by atoms with Crippen molar-refractivity contribution in [3.63, 3.8) is 0 Å². The minimum Gasteiger partial charge on any atom is -0.369 e. The van der Waals surface area contributed by atoms with Gasteiger partial charge in [0.2, 0.25) is 5.96 Å². The summed E-state index contributed by atoms with van der Waals surface area (Å²) in [6.45, 7) is 0. The van der Waals surface area contributed by atoms with Crippen LogP contribution in [-0.2, 0) is 0 Å². The van der Waals surface area contributed by atoms with Crippen LogP contribution in [0.3, 0.4) is 0 Å². The average molecular weight is 302 g/mol. The summed E-state index contributed by atoms with van der Waals surface area (Å²) in [6, 6.07) is 6.44. The summed E-state index contributed by atoms with van der Waals surface area (Å²) in [6.07, 6.45) is 3.28. The zero-order valence-electron chi connectivity index (χ0n) is 10.8. The molecule has 0 spiro atoms. The number of imidazole rings is 1. The van der Waals surface area contributed by atoms with Crippen molar-refractivity contribution in [2.75, 3.05) is 0 Å². The Morgan fingerprint density at radius 3 is 2.90 bits per heavy atom. The van der Waals surface area contributed by atoms with Gasteiger partial charge in [-0.25, -0.2) is 9.37 Å². The van der Waals surface area contributed by atoms with E-state index in [-0.39, 0.29) is 11.8 Å². The summed E-state index contributed by atoms with van der Waals surface area (Å²) >= 11 is 1.45. The number of hydrogen-bond acceptors (Lipinski definition) is 4. The van der Waals surface area contributed by atoms with Crippen LogP contribution in [0.4, 0.5) is 4.39 Å². The number of nitrogens with zero attached hydrogens (tertiary/aromatic N) is 4. The molecule has 1 aromatic carbocycles. The summed E-state index contributed by atoms with van der Waals surface area (Å²) in [5, 5.41) is 9.23. The van der Waals surface area contributed by atoms with E-state index >= 15 is 0 Å². The number of guanidine groups is 1. The van der Waals surface area contributed by atoms with E-state index in [1.165, 1.54) is 23.6 Å². The number of fused-ring (bicyclic) bond motifs is 1. The van der Waals surface area contributed by atoms with Crippen LogP contribution in [0.2, 0.25) is 0 Å². The monoisotopic (exact) mass is 302 g/mol. The lowest BCUT2D eigenvalue weighted by molar-refractivity contribution is 0.631. The number of halogens is 1. The highest BCUT2D eigenvalue weighted by atomic mass is 32.1. The summed E-state index contributed by atoms with van der Waals surface area (Å²) in [5.41, 5.74) is 12.0. The molecule has 0 amide bonds. The molecule has 0 aliphatic carbocycles. The summed E-state index contributed by atoms with van der Waals surface area (Å²) in [4.78, 5) is 5.18. The van der Waals surface area contributed by atoms with E-state index in [1.54, 1.807) is 22.6 Å². The molecule has 2 aromatic heterocycles. The topological polar surface area (TPSA) is 94.1 Å². The van der Waals surface area contributed by atoms with Crippen molar-refractivity contribution in [1.82, 2.24) is 9.38 Å². The first-order valence-electron chi connectivity index (χ1n) is 5.99. The van der Waals surface area contributed by atoms with Gasteiger partial charge in [0.05, 0.1) is 11.9 Å². The summed E-state index contributed by atoms with van der Waals surface area (Å²) < 4.78 is 15.8. The first kappa shape index (κ1) is 13.3. The number of rotatable bonds is 3. The molecule has 3 rings (SSSR count). The number of benzene rings is 1. The zero-order valence-corrected chi connectivity index (χ0v) is 11.6. The van der Waals surface area contributed by atoms with Crippen LogP contribution in [-0.4, -0.2) is 21.6 Å². The van der Waals surface area contributed by atoms with Crippen molar-refractivity contribution >= 4 is 28.5 Å². The van der Waals surface area contributed by atoms with Gasteiger partial charge in [-0.1, -0.05) is 12.1 Å². The quantitative estimate of drug-likeness (QED) is 0.439. The lowest BCUT2D eigenvalue weighted by atomic mass is 10.1. The minimum atomic E-state index is -0.347. The molecule has 0 atom stereocenters. The van der Waals surface area contributed by atoms with Crippen LogP contribution < -0.4 is 11.5 Å². The maximum Gasteiger partial charge on any atom is 0.211 e. The van der Waals surface area contributed by atoms with E-state index in [0.29, 0.717) is 17.0 Å². The van der Waals surface area contributed by atoms with Crippen LogP contribution >= 0.6 is 11.3 Å². The van der Waals surface area contributed by atoms with Gasteiger partial charge in [0.15, 0.2) is 4.96 Å². The van der Waals surface area contributed by atoms with E-state index in [1.807, 2.05) is 11.6 Å². The number of hydrogen-bond donors (Lipinski definition) is 2. The van der Waals surface area contributed by atoms with Crippen molar-refractivity contribution in [2.45, 2.75) is 0 Å². The maximum atomic E-state index is 14.0. The van der Waals surface area contributed by atoms with Crippen molar-refractivity contribution in [3.05, 3.63) is 47.4 Å². The van der Waals surface area contributed by atoms with E-state index in [2.05, 4.69) is 15.2 Å². The molecule has 4 N–H and O–H groups in total. The normalized spacial score (nSPS) is 11.3. The Morgan fingerprint density at radius 2 is 2.14 bits per heavy atom. The fourth-order valence-electron chi connectivity index (χ4n) is 1.93. The lowest BCUT2D eigenvalue weighted by Gasteiger charge is -2.00. The number of nitrogens with two attached hydrogens (primary N) is 2. The van der Waals surface area contributed by atoms with Gasteiger partial charge in [-0.3, -0.25) is 4.40 Å². The average Bonchev–Trinajstić information content (AvgIpc) is 3.01. The smallest absolute Gasteiger partial charge is 0.211 e. The van der Waals surface area contributed by atoms with Crippen LogP contribution in [0, 0.1) is 5.82 Å². The molecular weight excluding hydrogens is 291 g/mol. The third-order valence-corrected chi connectivity index (χ3v) is 3.54. The molecule has 0 saturated carbocycles. The minimum absolute atomic E-state index is 0.148. The van der Waals surface area contributed by atoms with Crippen molar-refractivity contribution in [3.8, 4) is 11.3 Å². The number of aromatic nitrogens is 2. The largest absolute Gasteiger partial charge is 0.369 e. The summed E-state index contributed by atoms with van der Waals surface area (Å²) in [5.74, 6) is -0.496. The fraction of sp³-hybridized carbons (Fsp3) is 0. The molecule has 0 fully saturated rings. The third-order valence-electron chi connectivity index (χ3n) is 2.78. The van der Waals surface area contributed by atoms with Crippen LogP contribution in [0.1, 0.15) is 5.69 Å². The highest BCUT2D eigenvalue weighted by Gasteiger charge is 2.16. The van der Waals surface area contributed by atoms with E-state index < -0.39 is 0 Å². The molecule has 3 aromatic rings. The molecule has 0 unspecified atom stereocenters. The van der Waals surface area contributed by atoms with E-state index in [9.17, 15) is 4.39 Å².